The molecule has 0 aromatic heterocycles. The van der Waals surface area contributed by atoms with Crippen molar-refractivity contribution < 1.29 is 22.4 Å². The van der Waals surface area contributed by atoms with Crippen LogP contribution in [0.4, 0.5) is 17.6 Å². The second-order valence-corrected chi connectivity index (χ2v) is 7.48. The van der Waals surface area contributed by atoms with Gasteiger partial charge in [0.05, 0.1) is 18.2 Å². The summed E-state index contributed by atoms with van der Waals surface area (Å²) in [4.78, 5) is 16.9. The average molecular weight is 408 g/mol. The first kappa shape index (κ1) is 21.3. The van der Waals surface area contributed by atoms with Crippen molar-refractivity contribution in [1.29, 1.82) is 0 Å². The molecule has 0 spiro atoms. The van der Waals surface area contributed by atoms with Crippen LogP contribution in [0.5, 0.6) is 0 Å². The number of rotatable bonds is 5. The summed E-state index contributed by atoms with van der Waals surface area (Å²) in [5, 5.41) is 0. The molecule has 3 nitrogen and oxygen atoms in total. The predicted molar refractivity (Wildman–Crippen MR) is 102 cm³/mol. The van der Waals surface area contributed by atoms with E-state index in [0.29, 0.717) is 11.1 Å². The van der Waals surface area contributed by atoms with Gasteiger partial charge in [-0.1, -0.05) is 24.3 Å². The lowest BCUT2D eigenvalue weighted by Gasteiger charge is -2.41. The fourth-order valence-corrected chi connectivity index (χ4v) is 3.69. The lowest BCUT2D eigenvalue weighted by molar-refractivity contribution is -0.139. The fourth-order valence-electron chi connectivity index (χ4n) is 3.69. The van der Waals surface area contributed by atoms with Crippen molar-refractivity contribution in [3.63, 3.8) is 0 Å². The van der Waals surface area contributed by atoms with Crippen LogP contribution in [0.25, 0.3) is 0 Å². The first-order valence-electron chi connectivity index (χ1n) is 9.64. The fraction of sp³-hybridized carbons (Fsp3) is 0.409. The number of carbonyl (C=O) groups is 1. The number of likely N-dealkylation sites (tertiary alicyclic amines) is 1. The number of amides is 1. The largest absolute Gasteiger partial charge is 0.416 e. The normalized spacial score (nSPS) is 17.9. The molecule has 1 heterocycles. The third-order valence-electron chi connectivity index (χ3n) is 5.31. The first-order chi connectivity index (χ1) is 13.7. The van der Waals surface area contributed by atoms with Crippen LogP contribution in [0, 0.1) is 5.82 Å². The van der Waals surface area contributed by atoms with Gasteiger partial charge in [0.1, 0.15) is 5.82 Å². The van der Waals surface area contributed by atoms with E-state index in [9.17, 15) is 22.4 Å². The molecule has 3 rings (SSSR count). The van der Waals surface area contributed by atoms with Crippen LogP contribution in [-0.4, -0.2) is 35.5 Å². The first-order valence-corrected chi connectivity index (χ1v) is 9.64. The van der Waals surface area contributed by atoms with E-state index in [1.807, 2.05) is 7.05 Å². The molecule has 0 saturated carbocycles. The highest BCUT2D eigenvalue weighted by Gasteiger charge is 2.31. The van der Waals surface area contributed by atoms with Crippen molar-refractivity contribution in [3.8, 4) is 0 Å². The third kappa shape index (κ3) is 5.56. The molecule has 0 radical (unpaired) electrons. The summed E-state index contributed by atoms with van der Waals surface area (Å²) >= 11 is 0. The smallest absolute Gasteiger partial charge is 0.322 e. The molecule has 1 amide bonds. The number of carbonyl (C=O) groups excluding carboxylic acids is 1. The summed E-state index contributed by atoms with van der Waals surface area (Å²) in [6, 6.07) is 10.7. The average Bonchev–Trinajstić information content (AvgIpc) is 2.68. The van der Waals surface area contributed by atoms with Gasteiger partial charge in [0.25, 0.3) is 0 Å². The summed E-state index contributed by atoms with van der Waals surface area (Å²) in [6.45, 7) is 1.09. The Bertz CT molecular complexity index is 818. The van der Waals surface area contributed by atoms with Crippen molar-refractivity contribution in [2.75, 3.05) is 13.6 Å². The van der Waals surface area contributed by atoms with Crippen LogP contribution < -0.4 is 0 Å². The predicted octanol–water partition coefficient (Wildman–Crippen LogP) is 4.86. The van der Waals surface area contributed by atoms with Gasteiger partial charge in [-0.25, -0.2) is 4.39 Å². The van der Waals surface area contributed by atoms with Crippen LogP contribution in [0.2, 0.25) is 0 Å². The minimum Gasteiger partial charge on any atom is -0.322 e. The zero-order valence-electron chi connectivity index (χ0n) is 16.3. The number of nitrogens with zero attached hydrogens (tertiary/aromatic N) is 2. The quantitative estimate of drug-likeness (QED) is 0.660. The molecule has 0 N–H and O–H groups in total. The molecule has 1 aliphatic rings. The van der Waals surface area contributed by atoms with Crippen molar-refractivity contribution in [3.05, 3.63) is 71.0 Å². The Morgan fingerprint density at radius 2 is 1.66 bits per heavy atom. The Labute approximate surface area is 167 Å². The zero-order valence-corrected chi connectivity index (χ0v) is 16.3. The maximum atomic E-state index is 13.1. The lowest BCUT2D eigenvalue weighted by Crippen LogP contribution is -2.51. The SMILES string of the molecule is CN1CCCCC1N(Cc1ccc(C(F)(F)F)cc1)C(=O)Cc1ccc(F)cc1. The molecule has 2 aromatic rings. The summed E-state index contributed by atoms with van der Waals surface area (Å²) in [5.74, 6) is -0.495. The van der Waals surface area contributed by atoms with Gasteiger partial charge in [-0.3, -0.25) is 9.69 Å². The van der Waals surface area contributed by atoms with Crippen LogP contribution in [-0.2, 0) is 23.9 Å². The molecular formula is C22H24F4N2O. The monoisotopic (exact) mass is 408 g/mol. The van der Waals surface area contributed by atoms with E-state index in [1.54, 1.807) is 17.0 Å². The Morgan fingerprint density at radius 3 is 2.24 bits per heavy atom. The molecule has 156 valence electrons. The number of hydrogen-bond acceptors (Lipinski definition) is 2. The van der Waals surface area contributed by atoms with Gasteiger partial charge in [-0.05, 0) is 68.2 Å². The maximum absolute atomic E-state index is 13.1. The summed E-state index contributed by atoms with van der Waals surface area (Å²) in [6.07, 6.45) is -1.54. The van der Waals surface area contributed by atoms with Gasteiger partial charge < -0.3 is 4.90 Å². The van der Waals surface area contributed by atoms with Crippen molar-refractivity contribution in [2.24, 2.45) is 0 Å². The van der Waals surface area contributed by atoms with E-state index >= 15 is 0 Å². The summed E-state index contributed by atoms with van der Waals surface area (Å²) in [5.41, 5.74) is 0.636. The molecule has 1 aliphatic heterocycles. The van der Waals surface area contributed by atoms with Gasteiger partial charge in [0.15, 0.2) is 0 Å². The standard InChI is InChI=1S/C22H24F4N2O/c1-27-13-3-2-4-20(27)28(21(29)14-16-7-11-19(23)12-8-16)15-17-5-9-18(10-6-17)22(24,25)26/h5-12,20H,2-4,13-15H2,1H3. The maximum Gasteiger partial charge on any atom is 0.416 e. The van der Waals surface area contributed by atoms with E-state index in [0.717, 1.165) is 37.9 Å². The van der Waals surface area contributed by atoms with Gasteiger partial charge in [0, 0.05) is 6.54 Å². The number of benzene rings is 2. The highest BCUT2D eigenvalue weighted by molar-refractivity contribution is 5.79. The molecular weight excluding hydrogens is 384 g/mol. The van der Waals surface area contributed by atoms with E-state index in [1.165, 1.54) is 24.3 Å². The molecule has 1 unspecified atom stereocenters. The second-order valence-electron chi connectivity index (χ2n) is 7.48. The number of hydrogen-bond donors (Lipinski definition) is 0. The van der Waals surface area contributed by atoms with Crippen molar-refractivity contribution in [1.82, 2.24) is 9.80 Å². The molecule has 1 atom stereocenters. The summed E-state index contributed by atoms with van der Waals surface area (Å²) < 4.78 is 51.6. The van der Waals surface area contributed by atoms with E-state index in [4.69, 9.17) is 0 Å². The third-order valence-corrected chi connectivity index (χ3v) is 5.31. The minimum absolute atomic E-state index is 0.112. The Morgan fingerprint density at radius 1 is 1.03 bits per heavy atom. The molecule has 0 bridgehead atoms. The van der Waals surface area contributed by atoms with Crippen LogP contribution in [0.3, 0.4) is 0 Å². The van der Waals surface area contributed by atoms with Gasteiger partial charge in [0.2, 0.25) is 5.91 Å². The number of halogens is 4. The Hall–Kier alpha value is -2.41. The molecule has 1 fully saturated rings. The highest BCUT2D eigenvalue weighted by atomic mass is 19.4. The molecule has 7 heteroatoms. The minimum atomic E-state index is -4.39. The molecule has 0 aliphatic carbocycles. The van der Waals surface area contributed by atoms with Gasteiger partial charge in [-0.15, -0.1) is 0 Å². The highest BCUT2D eigenvalue weighted by Crippen LogP contribution is 2.29. The molecule has 2 aromatic carbocycles. The number of alkyl halides is 3. The van der Waals surface area contributed by atoms with E-state index in [2.05, 4.69) is 4.90 Å². The van der Waals surface area contributed by atoms with Crippen molar-refractivity contribution in [2.45, 2.75) is 44.6 Å². The Balaban J connectivity index is 1.80. The lowest BCUT2D eigenvalue weighted by atomic mass is 10.0. The van der Waals surface area contributed by atoms with E-state index in [-0.39, 0.29) is 30.9 Å². The van der Waals surface area contributed by atoms with Gasteiger partial charge in [-0.2, -0.15) is 13.2 Å². The van der Waals surface area contributed by atoms with Crippen molar-refractivity contribution >= 4 is 5.91 Å². The Kier molecular flexibility index (Phi) is 6.57. The van der Waals surface area contributed by atoms with Crippen LogP contribution in [0.1, 0.15) is 36.0 Å². The van der Waals surface area contributed by atoms with Crippen LogP contribution in [0.15, 0.2) is 48.5 Å². The van der Waals surface area contributed by atoms with Gasteiger partial charge >= 0.3 is 6.18 Å². The zero-order chi connectivity index (χ0) is 21.0. The number of piperidine rings is 1. The molecule has 1 saturated heterocycles. The molecule has 29 heavy (non-hydrogen) atoms. The second kappa shape index (κ2) is 8.95. The van der Waals surface area contributed by atoms with Crippen LogP contribution >= 0.6 is 0 Å². The van der Waals surface area contributed by atoms with E-state index < -0.39 is 11.7 Å². The summed E-state index contributed by atoms with van der Waals surface area (Å²) in [7, 11) is 1.95. The topological polar surface area (TPSA) is 23.6 Å².